The first-order chi connectivity index (χ1) is 9.87. The monoisotopic (exact) mass is 297 g/mol. The van der Waals surface area contributed by atoms with E-state index in [0.717, 1.165) is 5.56 Å². The topological polar surface area (TPSA) is 43.8 Å². The normalized spacial score (nSPS) is 14.9. The Morgan fingerprint density at radius 3 is 2.52 bits per heavy atom. The number of nitrogens with zero attached hydrogens (tertiary/aromatic N) is 2. The van der Waals surface area contributed by atoms with Crippen molar-refractivity contribution in [2.75, 3.05) is 0 Å². The van der Waals surface area contributed by atoms with E-state index in [1.165, 1.54) is 17.8 Å². The largest absolute Gasteiger partial charge is 0.391 e. The van der Waals surface area contributed by atoms with Crippen LogP contribution in [0.3, 0.4) is 0 Å². The number of aromatic nitrogens is 2. The number of alkyl halides is 3. The van der Waals surface area contributed by atoms with E-state index in [2.05, 4.69) is 4.98 Å². The van der Waals surface area contributed by atoms with Crippen LogP contribution in [0.4, 0.5) is 13.2 Å². The molecule has 2 aromatic rings. The van der Waals surface area contributed by atoms with Crippen molar-refractivity contribution in [1.82, 2.24) is 9.55 Å². The first-order valence-corrected chi connectivity index (χ1v) is 6.75. The third-order valence-corrected chi connectivity index (χ3v) is 3.38. The van der Waals surface area contributed by atoms with Crippen LogP contribution in [0, 0.1) is 0 Å². The maximum Gasteiger partial charge on any atom is 0.391 e. The lowest BCUT2D eigenvalue weighted by atomic mass is 10.0. The molecule has 0 radical (unpaired) electrons. The van der Waals surface area contributed by atoms with Crippen molar-refractivity contribution in [3.63, 3.8) is 0 Å². The standard InChI is InChI=1S/C15H18F3N3/c1-11(8-15(16,17)18)21-10-20-9-14(21)13(19)7-12-5-3-2-4-6-12/h2-6,9-11,13H,7-8,19H2,1H3/t11?,13-/m1/s1. The van der Waals surface area contributed by atoms with Crippen LogP contribution in [0.2, 0.25) is 0 Å². The third kappa shape index (κ3) is 4.32. The minimum Gasteiger partial charge on any atom is -0.330 e. The van der Waals surface area contributed by atoms with E-state index in [1.54, 1.807) is 6.20 Å². The van der Waals surface area contributed by atoms with Gasteiger partial charge in [0.2, 0.25) is 0 Å². The van der Waals surface area contributed by atoms with Gasteiger partial charge in [-0.15, -0.1) is 0 Å². The molecule has 0 fully saturated rings. The van der Waals surface area contributed by atoms with Gasteiger partial charge in [-0.3, -0.25) is 0 Å². The first-order valence-electron chi connectivity index (χ1n) is 6.75. The summed E-state index contributed by atoms with van der Waals surface area (Å²) in [5, 5.41) is 0. The van der Waals surface area contributed by atoms with Crippen LogP contribution < -0.4 is 5.73 Å². The molecule has 0 spiro atoms. The lowest BCUT2D eigenvalue weighted by Crippen LogP contribution is -2.22. The Labute approximate surface area is 121 Å². The van der Waals surface area contributed by atoms with Crippen LogP contribution in [0.25, 0.3) is 0 Å². The Kier molecular flexibility index (Phi) is 4.67. The Bertz CT molecular complexity index is 563. The van der Waals surface area contributed by atoms with Crippen LogP contribution in [-0.4, -0.2) is 15.7 Å². The molecule has 0 aliphatic rings. The summed E-state index contributed by atoms with van der Waals surface area (Å²) in [6.45, 7) is 1.52. The second-order valence-electron chi connectivity index (χ2n) is 5.19. The summed E-state index contributed by atoms with van der Waals surface area (Å²) >= 11 is 0. The predicted octanol–water partition coefficient (Wildman–Crippen LogP) is 3.64. The number of imidazole rings is 1. The van der Waals surface area contributed by atoms with Gasteiger partial charge in [-0.2, -0.15) is 13.2 Å². The van der Waals surface area contributed by atoms with Crippen molar-refractivity contribution in [3.8, 4) is 0 Å². The van der Waals surface area contributed by atoms with E-state index in [-0.39, 0.29) is 6.04 Å². The van der Waals surface area contributed by atoms with Gasteiger partial charge in [0, 0.05) is 12.2 Å². The van der Waals surface area contributed by atoms with Gasteiger partial charge < -0.3 is 10.3 Å². The Morgan fingerprint density at radius 1 is 1.24 bits per heavy atom. The highest BCUT2D eigenvalue weighted by Gasteiger charge is 2.31. The Balaban J connectivity index is 2.12. The highest BCUT2D eigenvalue weighted by atomic mass is 19.4. The van der Waals surface area contributed by atoms with Crippen molar-refractivity contribution in [1.29, 1.82) is 0 Å². The van der Waals surface area contributed by atoms with E-state index in [9.17, 15) is 13.2 Å². The molecule has 1 heterocycles. The minimum atomic E-state index is -4.20. The lowest BCUT2D eigenvalue weighted by molar-refractivity contribution is -0.141. The van der Waals surface area contributed by atoms with Gasteiger partial charge in [0.25, 0.3) is 0 Å². The highest BCUT2D eigenvalue weighted by molar-refractivity contribution is 5.18. The number of hydrogen-bond donors (Lipinski definition) is 1. The molecular formula is C15H18F3N3. The second kappa shape index (κ2) is 6.30. The van der Waals surface area contributed by atoms with Gasteiger partial charge in [-0.25, -0.2) is 4.98 Å². The summed E-state index contributed by atoms with van der Waals surface area (Å²) in [4.78, 5) is 3.95. The minimum absolute atomic E-state index is 0.384. The fourth-order valence-corrected chi connectivity index (χ4v) is 2.38. The number of rotatable bonds is 5. The van der Waals surface area contributed by atoms with Crippen molar-refractivity contribution < 1.29 is 13.2 Å². The number of benzene rings is 1. The van der Waals surface area contributed by atoms with Crippen LogP contribution in [0.15, 0.2) is 42.9 Å². The summed E-state index contributed by atoms with van der Waals surface area (Å²) < 4.78 is 39.1. The van der Waals surface area contributed by atoms with Gasteiger partial charge in [0.05, 0.1) is 24.5 Å². The molecule has 6 heteroatoms. The SMILES string of the molecule is CC(CC(F)(F)F)n1cncc1[C@H](N)Cc1ccccc1. The zero-order chi connectivity index (χ0) is 15.5. The smallest absolute Gasteiger partial charge is 0.330 e. The molecule has 1 unspecified atom stereocenters. The summed E-state index contributed by atoms with van der Waals surface area (Å²) in [5.74, 6) is 0. The number of hydrogen-bond acceptors (Lipinski definition) is 2. The van der Waals surface area contributed by atoms with Crippen molar-refractivity contribution >= 4 is 0 Å². The molecule has 0 saturated carbocycles. The molecule has 0 bridgehead atoms. The van der Waals surface area contributed by atoms with Gasteiger partial charge in [0.1, 0.15) is 0 Å². The van der Waals surface area contributed by atoms with Crippen LogP contribution >= 0.6 is 0 Å². The zero-order valence-electron chi connectivity index (χ0n) is 11.7. The molecule has 0 saturated heterocycles. The quantitative estimate of drug-likeness (QED) is 0.915. The fraction of sp³-hybridized carbons (Fsp3) is 0.400. The Morgan fingerprint density at radius 2 is 1.90 bits per heavy atom. The van der Waals surface area contributed by atoms with Crippen molar-refractivity contribution in [3.05, 3.63) is 54.1 Å². The molecule has 1 aromatic heterocycles. The van der Waals surface area contributed by atoms with E-state index >= 15 is 0 Å². The van der Waals surface area contributed by atoms with Crippen molar-refractivity contribution in [2.24, 2.45) is 5.73 Å². The first kappa shape index (κ1) is 15.6. The summed E-state index contributed by atoms with van der Waals surface area (Å²) in [5.41, 5.74) is 7.80. The summed E-state index contributed by atoms with van der Waals surface area (Å²) in [7, 11) is 0. The van der Waals surface area contributed by atoms with Gasteiger partial charge in [-0.1, -0.05) is 30.3 Å². The summed E-state index contributed by atoms with van der Waals surface area (Å²) in [6, 6.07) is 8.51. The molecule has 2 atom stereocenters. The van der Waals surface area contributed by atoms with Crippen molar-refractivity contribution in [2.45, 2.75) is 38.0 Å². The maximum atomic E-state index is 12.5. The predicted molar refractivity (Wildman–Crippen MR) is 74.7 cm³/mol. The molecule has 114 valence electrons. The fourth-order valence-electron chi connectivity index (χ4n) is 2.38. The molecule has 2 N–H and O–H groups in total. The van der Waals surface area contributed by atoms with Gasteiger partial charge in [0.15, 0.2) is 0 Å². The van der Waals surface area contributed by atoms with E-state index < -0.39 is 18.6 Å². The maximum absolute atomic E-state index is 12.5. The van der Waals surface area contributed by atoms with Crippen LogP contribution in [-0.2, 0) is 6.42 Å². The Hall–Kier alpha value is -1.82. The average molecular weight is 297 g/mol. The molecule has 0 aliphatic heterocycles. The molecule has 0 amide bonds. The lowest BCUT2D eigenvalue weighted by Gasteiger charge is -2.21. The molecular weight excluding hydrogens is 279 g/mol. The number of halogens is 3. The van der Waals surface area contributed by atoms with Gasteiger partial charge >= 0.3 is 6.18 Å². The zero-order valence-corrected chi connectivity index (χ0v) is 11.7. The highest BCUT2D eigenvalue weighted by Crippen LogP contribution is 2.29. The molecule has 2 rings (SSSR count). The number of nitrogens with two attached hydrogens (primary N) is 1. The van der Waals surface area contributed by atoms with E-state index in [4.69, 9.17) is 5.73 Å². The third-order valence-electron chi connectivity index (χ3n) is 3.38. The van der Waals surface area contributed by atoms with Gasteiger partial charge in [-0.05, 0) is 18.9 Å². The van der Waals surface area contributed by atoms with Crippen LogP contribution in [0.5, 0.6) is 0 Å². The second-order valence-corrected chi connectivity index (χ2v) is 5.19. The van der Waals surface area contributed by atoms with Crippen LogP contribution in [0.1, 0.15) is 36.7 Å². The van der Waals surface area contributed by atoms with E-state index in [1.807, 2.05) is 30.3 Å². The molecule has 21 heavy (non-hydrogen) atoms. The molecule has 3 nitrogen and oxygen atoms in total. The molecule has 1 aromatic carbocycles. The molecule has 0 aliphatic carbocycles. The summed E-state index contributed by atoms with van der Waals surface area (Å²) in [6.07, 6.45) is -1.58. The average Bonchev–Trinajstić information content (AvgIpc) is 2.87. The van der Waals surface area contributed by atoms with E-state index in [0.29, 0.717) is 12.1 Å².